The Hall–Kier alpha value is -0.280. The van der Waals surface area contributed by atoms with Crippen molar-refractivity contribution in [3.63, 3.8) is 0 Å². The molecule has 0 heterocycles. The van der Waals surface area contributed by atoms with Crippen LogP contribution in [-0.2, 0) is 9.53 Å². The first-order chi connectivity index (χ1) is 8.31. The summed E-state index contributed by atoms with van der Waals surface area (Å²) >= 11 is 0. The topological polar surface area (TPSA) is 52.3 Å². The minimum atomic E-state index is -0.291. The van der Waals surface area contributed by atoms with Gasteiger partial charge in [-0.25, -0.2) is 0 Å². The van der Waals surface area contributed by atoms with Crippen LogP contribution in [0.5, 0.6) is 0 Å². The fourth-order valence-corrected chi connectivity index (χ4v) is 1.83. The van der Waals surface area contributed by atoms with E-state index >= 15 is 0 Å². The molecule has 0 unspecified atom stereocenters. The van der Waals surface area contributed by atoms with Gasteiger partial charge in [0.15, 0.2) is 0 Å². The van der Waals surface area contributed by atoms with Crippen molar-refractivity contribution in [2.75, 3.05) is 13.2 Å². The first kappa shape index (κ1) is 20.0. The Labute approximate surface area is 118 Å². The van der Waals surface area contributed by atoms with Crippen LogP contribution >= 0.6 is 12.4 Å². The monoisotopic (exact) mass is 279 g/mol. The lowest BCUT2D eigenvalue weighted by molar-refractivity contribution is -0.142. The second-order valence-corrected chi connectivity index (χ2v) is 4.61. The number of unbranched alkanes of at least 4 members (excludes halogenated alkanes) is 9. The van der Waals surface area contributed by atoms with Crippen molar-refractivity contribution in [1.29, 1.82) is 0 Å². The fraction of sp³-hybridized carbons (Fsp3) is 0.929. The van der Waals surface area contributed by atoms with Crippen LogP contribution in [0.3, 0.4) is 0 Å². The molecular formula is C14H30ClNO2. The minimum absolute atomic E-state index is 0. The zero-order valence-electron chi connectivity index (χ0n) is 11.8. The Morgan fingerprint density at radius 3 is 1.78 bits per heavy atom. The highest BCUT2D eigenvalue weighted by molar-refractivity contribution is 5.85. The molecule has 0 aromatic rings. The molecule has 4 heteroatoms. The van der Waals surface area contributed by atoms with Crippen LogP contribution in [0.4, 0.5) is 0 Å². The molecule has 0 aromatic carbocycles. The van der Waals surface area contributed by atoms with Gasteiger partial charge in [0.1, 0.15) is 0 Å². The van der Waals surface area contributed by atoms with Gasteiger partial charge in [0.2, 0.25) is 0 Å². The zero-order valence-corrected chi connectivity index (χ0v) is 12.6. The number of halogens is 1. The third-order valence-corrected chi connectivity index (χ3v) is 2.93. The molecule has 0 saturated carbocycles. The summed E-state index contributed by atoms with van der Waals surface area (Å²) in [5.74, 6) is -0.291. The van der Waals surface area contributed by atoms with Gasteiger partial charge in [-0.3, -0.25) is 4.79 Å². The molecule has 0 aliphatic carbocycles. The average molecular weight is 280 g/mol. The van der Waals surface area contributed by atoms with E-state index < -0.39 is 0 Å². The summed E-state index contributed by atoms with van der Waals surface area (Å²) in [7, 11) is 0. The lowest BCUT2D eigenvalue weighted by atomic mass is 10.1. The van der Waals surface area contributed by atoms with Gasteiger partial charge in [0.25, 0.3) is 0 Å². The van der Waals surface area contributed by atoms with Gasteiger partial charge in [-0.2, -0.15) is 0 Å². The second-order valence-electron chi connectivity index (χ2n) is 4.61. The first-order valence-electron chi connectivity index (χ1n) is 7.17. The Kier molecular flexibility index (Phi) is 18.6. The standard InChI is InChI=1S/C14H29NO2.ClH/c1-2-3-4-5-6-7-8-9-10-11-12-17-14(16)13-15;/h2-13,15H2,1H3;1H. The lowest BCUT2D eigenvalue weighted by Gasteiger charge is -2.03. The first-order valence-corrected chi connectivity index (χ1v) is 7.17. The van der Waals surface area contributed by atoms with Crippen LogP contribution in [0.15, 0.2) is 0 Å². The van der Waals surface area contributed by atoms with E-state index in [4.69, 9.17) is 10.5 Å². The highest BCUT2D eigenvalue weighted by atomic mass is 35.5. The Bertz CT molecular complexity index is 177. The maximum absolute atomic E-state index is 10.7. The minimum Gasteiger partial charge on any atom is -0.465 e. The number of rotatable bonds is 12. The second kappa shape index (κ2) is 16.7. The van der Waals surface area contributed by atoms with Gasteiger partial charge in [-0.15, -0.1) is 12.4 Å². The lowest BCUT2D eigenvalue weighted by Crippen LogP contribution is -2.17. The molecule has 2 N–H and O–H groups in total. The Balaban J connectivity index is 0. The van der Waals surface area contributed by atoms with E-state index in [1.165, 1.54) is 51.4 Å². The third kappa shape index (κ3) is 15.7. The van der Waals surface area contributed by atoms with E-state index in [0.717, 1.165) is 12.8 Å². The molecule has 0 radical (unpaired) electrons. The third-order valence-electron chi connectivity index (χ3n) is 2.93. The van der Waals surface area contributed by atoms with E-state index in [2.05, 4.69) is 6.92 Å². The number of hydrogen-bond donors (Lipinski definition) is 1. The number of carbonyl (C=O) groups is 1. The molecule has 3 nitrogen and oxygen atoms in total. The summed E-state index contributed by atoms with van der Waals surface area (Å²) in [5, 5.41) is 0. The molecule has 0 spiro atoms. The van der Waals surface area contributed by atoms with Crippen LogP contribution in [-0.4, -0.2) is 19.1 Å². The fourth-order valence-electron chi connectivity index (χ4n) is 1.83. The van der Waals surface area contributed by atoms with Gasteiger partial charge in [0, 0.05) is 0 Å². The molecule has 0 aliphatic heterocycles. The molecular weight excluding hydrogens is 250 g/mol. The molecule has 0 aliphatic rings. The Morgan fingerprint density at radius 2 is 1.33 bits per heavy atom. The van der Waals surface area contributed by atoms with Crippen molar-refractivity contribution in [2.45, 2.75) is 71.1 Å². The zero-order chi connectivity index (χ0) is 12.8. The van der Waals surface area contributed by atoms with Crippen molar-refractivity contribution in [2.24, 2.45) is 5.73 Å². The quantitative estimate of drug-likeness (QED) is 0.436. The number of esters is 1. The number of ether oxygens (including phenoxy) is 1. The molecule has 0 aromatic heterocycles. The maximum Gasteiger partial charge on any atom is 0.319 e. The summed E-state index contributed by atoms with van der Waals surface area (Å²) in [6, 6.07) is 0. The number of hydrogen-bond acceptors (Lipinski definition) is 3. The van der Waals surface area contributed by atoms with Crippen molar-refractivity contribution >= 4 is 18.4 Å². The molecule has 0 saturated heterocycles. The van der Waals surface area contributed by atoms with E-state index in [-0.39, 0.29) is 24.9 Å². The van der Waals surface area contributed by atoms with E-state index in [1.807, 2.05) is 0 Å². The van der Waals surface area contributed by atoms with E-state index in [1.54, 1.807) is 0 Å². The van der Waals surface area contributed by atoms with Crippen molar-refractivity contribution in [3.8, 4) is 0 Å². The average Bonchev–Trinajstić information content (AvgIpc) is 2.35. The van der Waals surface area contributed by atoms with Crippen molar-refractivity contribution in [1.82, 2.24) is 0 Å². The van der Waals surface area contributed by atoms with Gasteiger partial charge < -0.3 is 10.5 Å². The SMILES string of the molecule is CCCCCCCCCCCCOC(=O)CN.Cl. The van der Waals surface area contributed by atoms with Crippen molar-refractivity contribution < 1.29 is 9.53 Å². The predicted octanol–water partition coefficient (Wildman–Crippen LogP) is 3.83. The van der Waals surface area contributed by atoms with Crippen LogP contribution < -0.4 is 5.73 Å². The maximum atomic E-state index is 10.7. The van der Waals surface area contributed by atoms with Gasteiger partial charge >= 0.3 is 5.97 Å². The highest BCUT2D eigenvalue weighted by Crippen LogP contribution is 2.10. The number of carbonyl (C=O) groups excluding carboxylic acids is 1. The van der Waals surface area contributed by atoms with Gasteiger partial charge in [0.05, 0.1) is 13.2 Å². The molecule has 0 bridgehead atoms. The molecule has 0 amide bonds. The largest absolute Gasteiger partial charge is 0.465 e. The molecule has 0 fully saturated rings. The number of nitrogens with two attached hydrogens (primary N) is 1. The Morgan fingerprint density at radius 1 is 0.889 bits per heavy atom. The molecule has 0 atom stereocenters. The molecule has 110 valence electrons. The van der Waals surface area contributed by atoms with Crippen LogP contribution in [0.1, 0.15) is 71.1 Å². The van der Waals surface area contributed by atoms with E-state index in [9.17, 15) is 4.79 Å². The van der Waals surface area contributed by atoms with E-state index in [0.29, 0.717) is 6.61 Å². The summed E-state index contributed by atoms with van der Waals surface area (Å²) in [6.07, 6.45) is 12.9. The predicted molar refractivity (Wildman–Crippen MR) is 79.1 cm³/mol. The molecule has 0 rings (SSSR count). The summed E-state index contributed by atoms with van der Waals surface area (Å²) in [6.45, 7) is 2.78. The molecule has 18 heavy (non-hydrogen) atoms. The van der Waals surface area contributed by atoms with Crippen LogP contribution in [0.25, 0.3) is 0 Å². The van der Waals surface area contributed by atoms with Crippen LogP contribution in [0.2, 0.25) is 0 Å². The summed E-state index contributed by atoms with van der Waals surface area (Å²) in [5.41, 5.74) is 5.13. The van der Waals surface area contributed by atoms with Gasteiger partial charge in [-0.05, 0) is 6.42 Å². The highest BCUT2D eigenvalue weighted by Gasteiger charge is 1.97. The normalized spacial score (nSPS) is 9.89. The van der Waals surface area contributed by atoms with Gasteiger partial charge in [-0.1, -0.05) is 64.7 Å². The smallest absolute Gasteiger partial charge is 0.319 e. The van der Waals surface area contributed by atoms with Crippen molar-refractivity contribution in [3.05, 3.63) is 0 Å². The van der Waals surface area contributed by atoms with Crippen LogP contribution in [0, 0.1) is 0 Å². The summed E-state index contributed by atoms with van der Waals surface area (Å²) in [4.78, 5) is 10.7. The summed E-state index contributed by atoms with van der Waals surface area (Å²) < 4.78 is 4.90.